The van der Waals surface area contributed by atoms with Crippen molar-refractivity contribution < 1.29 is 12.3 Å². The Bertz CT molecular complexity index is 1470. The van der Waals surface area contributed by atoms with Gasteiger partial charge in [-0.15, -0.1) is 0 Å². The third kappa shape index (κ3) is 12.2. The van der Waals surface area contributed by atoms with E-state index in [0.717, 1.165) is 0 Å². The molecule has 3 nitrogen and oxygen atoms in total. The van der Waals surface area contributed by atoms with Crippen LogP contribution in [0, 0.1) is 0 Å². The van der Waals surface area contributed by atoms with E-state index in [2.05, 4.69) is 191 Å². The molecule has 0 spiro atoms. The van der Waals surface area contributed by atoms with Crippen LogP contribution in [0.2, 0.25) is 130 Å². The molecule has 3 aromatic rings. The van der Waals surface area contributed by atoms with Crippen LogP contribution in [0.25, 0.3) is 0 Å². The van der Waals surface area contributed by atoms with E-state index in [9.17, 15) is 0 Å². The molecule has 0 saturated carbocycles. The fourth-order valence-corrected chi connectivity index (χ4v) is 36.3. The van der Waals surface area contributed by atoms with Crippen LogP contribution in [-0.4, -0.2) is 66.1 Å². The van der Waals surface area contributed by atoms with Crippen molar-refractivity contribution in [2.75, 3.05) is 0 Å². The Morgan fingerprint density at radius 2 is 0.620 bits per heavy atom. The number of hydrogen-bond acceptors (Lipinski definition) is 3. The van der Waals surface area contributed by atoms with Crippen molar-refractivity contribution in [1.29, 1.82) is 0 Å². The van der Waals surface area contributed by atoms with E-state index in [1.54, 1.807) is 0 Å². The lowest BCUT2D eigenvalue weighted by Crippen LogP contribution is -2.58. The first-order valence-electron chi connectivity index (χ1n) is 18.9. The van der Waals surface area contributed by atoms with Crippen LogP contribution in [0.3, 0.4) is 0 Å². The van der Waals surface area contributed by atoms with Crippen LogP contribution in [0.5, 0.6) is 0 Å². The van der Waals surface area contributed by atoms with E-state index >= 15 is 0 Å². The predicted octanol–water partition coefficient (Wildman–Crippen LogP) is 8.68. The van der Waals surface area contributed by atoms with Crippen LogP contribution in [0.1, 0.15) is 6.42 Å². The van der Waals surface area contributed by atoms with Gasteiger partial charge in [-0.2, -0.15) is 0 Å². The normalized spacial score (nSPS) is 14.3. The van der Waals surface area contributed by atoms with Crippen molar-refractivity contribution in [3.05, 3.63) is 72.8 Å². The summed E-state index contributed by atoms with van der Waals surface area (Å²) in [5.41, 5.74) is 0. The molecule has 0 fully saturated rings. The third-order valence-electron chi connectivity index (χ3n) is 9.99. The van der Waals surface area contributed by atoms with E-state index in [1.807, 2.05) is 0 Å². The van der Waals surface area contributed by atoms with Crippen molar-refractivity contribution in [3.8, 4) is 0 Å². The topological polar surface area (TPSA) is 27.7 Å². The van der Waals surface area contributed by atoms with Crippen LogP contribution in [-0.2, 0) is 12.3 Å². The van der Waals surface area contributed by atoms with Gasteiger partial charge in [-0.05, 0) is 119 Å². The predicted molar refractivity (Wildman–Crippen MR) is 246 cm³/mol. The molecule has 0 atom stereocenters. The molecule has 0 aliphatic carbocycles. The van der Waals surface area contributed by atoms with Gasteiger partial charge < -0.3 is 12.3 Å². The summed E-state index contributed by atoms with van der Waals surface area (Å²) in [6.45, 7) is 42.9. The number of hydrogen-bond donors (Lipinski definition) is 0. The average molecular weight is 814 g/mol. The first-order chi connectivity index (χ1) is 22.5. The molecule has 50 heavy (non-hydrogen) atoms. The lowest BCUT2D eigenvalue weighted by molar-refractivity contribution is 0.552. The summed E-state index contributed by atoms with van der Waals surface area (Å²) in [5, 5.41) is 8.81. The summed E-state index contributed by atoms with van der Waals surface area (Å²) in [7, 11) is -14.5. The lowest BCUT2D eigenvalue weighted by Gasteiger charge is -2.36. The highest BCUT2D eigenvalue weighted by Crippen LogP contribution is 2.25. The highest BCUT2D eigenvalue weighted by molar-refractivity contribution is 7.02. The van der Waals surface area contributed by atoms with E-state index in [0.29, 0.717) is 0 Å². The van der Waals surface area contributed by atoms with Gasteiger partial charge in [-0.25, -0.2) is 0 Å². The Balaban J connectivity index is 1.91. The molecule has 0 bridgehead atoms. The largest absolute Gasteiger partial charge is 0.452 e. The quantitative estimate of drug-likeness (QED) is 0.136. The van der Waals surface area contributed by atoms with Gasteiger partial charge in [-0.3, -0.25) is 0 Å². The molecule has 3 rings (SSSR count). The van der Waals surface area contributed by atoms with Gasteiger partial charge in [0.25, 0.3) is 0 Å². The van der Waals surface area contributed by atoms with Gasteiger partial charge in [0.1, 0.15) is 8.07 Å². The second kappa shape index (κ2) is 15.6. The Morgan fingerprint density at radius 3 is 0.920 bits per heavy atom. The highest BCUT2D eigenvalue weighted by atomic mass is 28.4. The lowest BCUT2D eigenvalue weighted by atomic mass is 10.3. The van der Waals surface area contributed by atoms with Gasteiger partial charge in [0.15, 0.2) is 25.0 Å². The first-order valence-corrected chi connectivity index (χ1v) is 43.8. The molecule has 0 aliphatic rings. The third-order valence-corrected chi connectivity index (χ3v) is 36.6. The van der Waals surface area contributed by atoms with Gasteiger partial charge in [0, 0.05) is 0 Å². The van der Waals surface area contributed by atoms with Crippen LogP contribution in [0.15, 0.2) is 72.8 Å². The molecule has 3 aromatic carbocycles. The minimum Gasteiger partial charge on any atom is -0.452 e. The average Bonchev–Trinajstić information content (AvgIpc) is 2.94. The Morgan fingerprint density at radius 1 is 0.340 bits per heavy atom. The Kier molecular flexibility index (Phi) is 13.6. The molecular formula is C39H72O3Si8. The zero-order valence-electron chi connectivity index (χ0n) is 35.3. The van der Waals surface area contributed by atoms with E-state index in [1.165, 1.54) is 49.6 Å². The van der Waals surface area contributed by atoms with Crippen LogP contribution < -0.4 is 31.1 Å². The Hall–Kier alpha value is -0.725. The van der Waals surface area contributed by atoms with Crippen molar-refractivity contribution in [3.63, 3.8) is 0 Å². The summed E-state index contributed by atoms with van der Waals surface area (Å²) in [5.74, 6) is 0. The van der Waals surface area contributed by atoms with Crippen LogP contribution >= 0.6 is 0 Å². The molecule has 0 aromatic heterocycles. The van der Waals surface area contributed by atoms with Crippen molar-refractivity contribution in [2.24, 2.45) is 0 Å². The summed E-state index contributed by atoms with van der Waals surface area (Å²) in [4.78, 5) is 0. The fourth-order valence-electron chi connectivity index (χ4n) is 7.62. The van der Waals surface area contributed by atoms with E-state index in [4.69, 9.17) is 12.3 Å². The minimum absolute atomic E-state index is 1.18. The molecular weight excluding hydrogens is 741 g/mol. The second-order valence-electron chi connectivity index (χ2n) is 20.0. The van der Waals surface area contributed by atoms with E-state index in [-0.39, 0.29) is 0 Å². The molecule has 0 N–H and O–H groups in total. The standard InChI is InChI=1S/C39H72O3Si8/c1-43(2,3)34-20-22-37(23-21-34)49(16,17)42-46(10,11)32-19-33-50(18,38-28-24-35(25-29-38)47(12,13)40-44(4,5)6)39-30-26-36(27-31-39)48(14,15)41-45(7,8)9/h20-31H,19,32-33H2,1-18H3. The molecule has 0 unspecified atom stereocenters. The minimum atomic E-state index is -2.06. The number of rotatable bonds is 16. The summed E-state index contributed by atoms with van der Waals surface area (Å²) >= 11 is 0. The fraction of sp³-hybridized carbons (Fsp3) is 0.538. The van der Waals surface area contributed by atoms with Crippen molar-refractivity contribution in [2.45, 2.75) is 136 Å². The highest BCUT2D eigenvalue weighted by Gasteiger charge is 2.39. The smallest absolute Gasteiger partial charge is 0.205 e. The maximum absolute atomic E-state index is 7.24. The van der Waals surface area contributed by atoms with Crippen molar-refractivity contribution in [1.82, 2.24) is 0 Å². The zero-order valence-corrected chi connectivity index (χ0v) is 43.3. The molecule has 0 radical (unpaired) electrons. The number of benzene rings is 3. The van der Waals surface area contributed by atoms with Crippen molar-refractivity contribution >= 4 is 97.2 Å². The summed E-state index contributed by atoms with van der Waals surface area (Å²) < 4.78 is 20.8. The monoisotopic (exact) mass is 812 g/mol. The Labute approximate surface area is 316 Å². The molecule has 11 heteroatoms. The van der Waals surface area contributed by atoms with Gasteiger partial charge in [-0.1, -0.05) is 121 Å². The van der Waals surface area contributed by atoms with Gasteiger partial charge in [0.2, 0.25) is 25.0 Å². The molecule has 278 valence electrons. The van der Waals surface area contributed by atoms with Gasteiger partial charge >= 0.3 is 0 Å². The maximum atomic E-state index is 7.24. The van der Waals surface area contributed by atoms with E-state index < -0.39 is 66.1 Å². The zero-order chi connectivity index (χ0) is 38.2. The molecule has 0 heterocycles. The SMILES string of the molecule is C[Si](C)(C)O[Si](C)(C)c1ccc([Si](C)(CCC[Si](C)(C)O[Si](C)(C)c2ccc([Si](C)(C)C)cc2)c2ccc([Si](C)(C)O[Si](C)(C)C)cc2)cc1. The second-order valence-corrected chi connectivity index (χ2v) is 55.1. The van der Waals surface area contributed by atoms with Gasteiger partial charge in [0.05, 0.1) is 8.07 Å². The summed E-state index contributed by atoms with van der Waals surface area (Å²) in [6.07, 6.45) is 1.20. The molecule has 0 aliphatic heterocycles. The maximum Gasteiger partial charge on any atom is 0.205 e. The first kappa shape index (κ1) is 43.7. The molecule has 0 saturated heterocycles. The summed E-state index contributed by atoms with van der Waals surface area (Å²) in [6, 6.07) is 31.4. The molecule has 0 amide bonds. The van der Waals surface area contributed by atoms with Crippen LogP contribution in [0.4, 0.5) is 0 Å².